The fourth-order valence-electron chi connectivity index (χ4n) is 3.03. The van der Waals surface area contributed by atoms with E-state index in [1.807, 2.05) is 30.0 Å². The number of nitrogens with zero attached hydrogens (tertiary/aromatic N) is 4. The van der Waals surface area contributed by atoms with Gasteiger partial charge in [0.25, 0.3) is 5.91 Å². The number of anilines is 1. The first-order valence-electron chi connectivity index (χ1n) is 6.87. The van der Waals surface area contributed by atoms with E-state index in [2.05, 4.69) is 23.1 Å². The summed E-state index contributed by atoms with van der Waals surface area (Å²) >= 11 is 1.44. The average Bonchev–Trinajstić information content (AvgIpc) is 3.09. The average molecular weight is 298 g/mol. The third-order valence-corrected chi connectivity index (χ3v) is 4.62. The molecule has 6 heteroatoms. The molecule has 1 aliphatic rings. The Morgan fingerprint density at radius 2 is 2.19 bits per heavy atom. The number of imidazole rings is 1. The van der Waals surface area contributed by atoms with Gasteiger partial charge in [0.1, 0.15) is 5.51 Å². The predicted molar refractivity (Wildman–Crippen MR) is 82.0 cm³/mol. The Morgan fingerprint density at radius 1 is 1.38 bits per heavy atom. The smallest absolute Gasteiger partial charge is 0.279 e. The first kappa shape index (κ1) is 12.5. The molecule has 1 amide bonds. The van der Waals surface area contributed by atoms with E-state index < -0.39 is 0 Å². The summed E-state index contributed by atoms with van der Waals surface area (Å²) < 4.78 is 1.65. The highest BCUT2D eigenvalue weighted by Crippen LogP contribution is 2.33. The van der Waals surface area contributed by atoms with Crippen LogP contribution in [-0.2, 0) is 6.42 Å². The minimum Gasteiger partial charge on any atom is -0.304 e. The van der Waals surface area contributed by atoms with Crippen LogP contribution in [0.3, 0.4) is 0 Å². The van der Waals surface area contributed by atoms with Gasteiger partial charge in [0, 0.05) is 11.7 Å². The van der Waals surface area contributed by atoms with Gasteiger partial charge in [-0.3, -0.25) is 4.79 Å². The molecule has 0 bridgehead atoms. The number of para-hydroxylation sites is 1. The van der Waals surface area contributed by atoms with Gasteiger partial charge >= 0.3 is 0 Å². The number of fused-ring (bicyclic) bond motifs is 2. The van der Waals surface area contributed by atoms with Crippen LogP contribution in [0, 0.1) is 6.92 Å². The lowest BCUT2D eigenvalue weighted by Crippen LogP contribution is -2.36. The third-order valence-electron chi connectivity index (χ3n) is 3.95. The first-order valence-corrected chi connectivity index (χ1v) is 7.75. The highest BCUT2D eigenvalue weighted by atomic mass is 32.1. The van der Waals surface area contributed by atoms with Crippen LogP contribution >= 0.6 is 11.3 Å². The number of hydrogen-bond acceptors (Lipinski definition) is 4. The van der Waals surface area contributed by atoms with Crippen LogP contribution in [0.4, 0.5) is 5.69 Å². The van der Waals surface area contributed by atoms with E-state index in [-0.39, 0.29) is 11.9 Å². The van der Waals surface area contributed by atoms with E-state index in [1.54, 1.807) is 10.0 Å². The molecular weight excluding hydrogens is 284 g/mol. The van der Waals surface area contributed by atoms with Crippen molar-refractivity contribution in [3.8, 4) is 0 Å². The highest BCUT2D eigenvalue weighted by Gasteiger charge is 2.34. The molecule has 3 heterocycles. The number of carbonyl (C=O) groups excluding carboxylic acids is 1. The maximum Gasteiger partial charge on any atom is 0.279 e. The standard InChI is InChI=1S/C15H14N4OS/c1-9-7-11-5-3-4-6-12(11)18(9)14(20)13-10(2)17-15-19(13)16-8-21-15/h3-6,8-9H,7H2,1-2H3. The normalized spacial score (nSPS) is 17.4. The first-order chi connectivity index (χ1) is 10.2. The summed E-state index contributed by atoms with van der Waals surface area (Å²) in [5.74, 6) is -0.0247. The monoisotopic (exact) mass is 298 g/mol. The zero-order valence-corrected chi connectivity index (χ0v) is 12.6. The van der Waals surface area contributed by atoms with Crippen molar-refractivity contribution < 1.29 is 4.79 Å². The Morgan fingerprint density at radius 3 is 3.05 bits per heavy atom. The lowest BCUT2D eigenvalue weighted by molar-refractivity contribution is 0.0974. The van der Waals surface area contributed by atoms with Crippen molar-refractivity contribution in [1.82, 2.24) is 14.6 Å². The summed E-state index contributed by atoms with van der Waals surface area (Å²) in [5.41, 5.74) is 5.22. The van der Waals surface area contributed by atoms with Gasteiger partial charge in [0.15, 0.2) is 5.69 Å². The summed E-state index contributed by atoms with van der Waals surface area (Å²) in [7, 11) is 0. The number of amides is 1. The van der Waals surface area contributed by atoms with E-state index in [0.29, 0.717) is 5.69 Å². The summed E-state index contributed by atoms with van der Waals surface area (Å²) in [6.07, 6.45) is 0.889. The molecule has 0 saturated heterocycles. The van der Waals surface area contributed by atoms with Crippen molar-refractivity contribution in [2.45, 2.75) is 26.3 Å². The second-order valence-electron chi connectivity index (χ2n) is 5.34. The Bertz CT molecular complexity index is 850. The van der Waals surface area contributed by atoms with Crippen molar-refractivity contribution in [3.63, 3.8) is 0 Å². The van der Waals surface area contributed by atoms with Gasteiger partial charge in [-0.2, -0.15) is 9.61 Å². The quantitative estimate of drug-likeness (QED) is 0.694. The Balaban J connectivity index is 1.85. The minimum absolute atomic E-state index is 0.0247. The summed E-state index contributed by atoms with van der Waals surface area (Å²) in [5, 5.41) is 4.24. The molecule has 0 fully saturated rings. The van der Waals surface area contributed by atoms with Crippen molar-refractivity contribution >= 4 is 27.9 Å². The van der Waals surface area contributed by atoms with Crippen LogP contribution in [0.15, 0.2) is 29.8 Å². The molecule has 5 nitrogen and oxygen atoms in total. The zero-order chi connectivity index (χ0) is 14.6. The van der Waals surface area contributed by atoms with Gasteiger partial charge in [0.05, 0.1) is 5.69 Å². The number of aryl methyl sites for hydroxylation is 1. The third kappa shape index (κ3) is 1.72. The number of rotatable bonds is 1. The molecule has 0 spiro atoms. The van der Waals surface area contributed by atoms with Crippen LogP contribution in [0.1, 0.15) is 28.7 Å². The van der Waals surface area contributed by atoms with E-state index in [4.69, 9.17) is 0 Å². The van der Waals surface area contributed by atoms with Crippen LogP contribution in [-0.4, -0.2) is 26.5 Å². The molecule has 1 aromatic carbocycles. The molecule has 21 heavy (non-hydrogen) atoms. The maximum atomic E-state index is 13.0. The van der Waals surface area contributed by atoms with Gasteiger partial charge in [-0.05, 0) is 31.9 Å². The number of benzene rings is 1. The Labute approximate surface area is 125 Å². The molecule has 0 N–H and O–H groups in total. The molecular formula is C15H14N4OS. The Kier molecular flexibility index (Phi) is 2.62. The molecule has 106 valence electrons. The van der Waals surface area contributed by atoms with Crippen molar-refractivity contribution in [2.75, 3.05) is 4.90 Å². The van der Waals surface area contributed by atoms with Gasteiger partial charge in [-0.15, -0.1) is 0 Å². The SMILES string of the molecule is Cc1nc2scnn2c1C(=O)N1c2ccccc2CC1C. The minimum atomic E-state index is -0.0247. The fraction of sp³-hybridized carbons (Fsp3) is 0.267. The van der Waals surface area contributed by atoms with Crippen LogP contribution < -0.4 is 4.90 Å². The molecule has 4 rings (SSSR count). The van der Waals surface area contributed by atoms with Crippen molar-refractivity contribution in [2.24, 2.45) is 0 Å². The summed E-state index contributed by atoms with van der Waals surface area (Å²) in [6.45, 7) is 3.94. The zero-order valence-electron chi connectivity index (χ0n) is 11.8. The maximum absolute atomic E-state index is 13.0. The lowest BCUT2D eigenvalue weighted by Gasteiger charge is -2.22. The van der Waals surface area contributed by atoms with E-state index in [9.17, 15) is 4.79 Å². The van der Waals surface area contributed by atoms with Crippen LogP contribution in [0.25, 0.3) is 4.96 Å². The lowest BCUT2D eigenvalue weighted by atomic mass is 10.1. The van der Waals surface area contributed by atoms with Gasteiger partial charge in [-0.1, -0.05) is 29.5 Å². The largest absolute Gasteiger partial charge is 0.304 e. The molecule has 1 aliphatic heterocycles. The second-order valence-corrected chi connectivity index (χ2v) is 6.15. The molecule has 3 aromatic rings. The molecule has 2 aromatic heterocycles. The highest BCUT2D eigenvalue weighted by molar-refractivity contribution is 7.14. The molecule has 1 unspecified atom stereocenters. The Hall–Kier alpha value is -2.21. The number of aromatic nitrogens is 3. The van der Waals surface area contributed by atoms with Gasteiger partial charge < -0.3 is 4.90 Å². The molecule has 0 saturated carbocycles. The van der Waals surface area contributed by atoms with E-state index >= 15 is 0 Å². The van der Waals surface area contributed by atoms with Crippen molar-refractivity contribution in [1.29, 1.82) is 0 Å². The van der Waals surface area contributed by atoms with E-state index in [0.717, 1.165) is 22.8 Å². The van der Waals surface area contributed by atoms with Gasteiger partial charge in [-0.25, -0.2) is 4.98 Å². The fourth-order valence-corrected chi connectivity index (χ4v) is 3.69. The van der Waals surface area contributed by atoms with Crippen LogP contribution in [0.2, 0.25) is 0 Å². The van der Waals surface area contributed by atoms with E-state index in [1.165, 1.54) is 16.9 Å². The van der Waals surface area contributed by atoms with Crippen LogP contribution in [0.5, 0.6) is 0 Å². The summed E-state index contributed by atoms with van der Waals surface area (Å²) in [6, 6.07) is 8.23. The molecule has 0 radical (unpaired) electrons. The molecule has 0 aliphatic carbocycles. The molecule has 1 atom stereocenters. The number of carbonyl (C=O) groups is 1. The topological polar surface area (TPSA) is 50.5 Å². The number of hydrogen-bond donors (Lipinski definition) is 0. The predicted octanol–water partition coefficient (Wildman–Crippen LogP) is 2.69. The summed E-state index contributed by atoms with van der Waals surface area (Å²) in [4.78, 5) is 20.1. The van der Waals surface area contributed by atoms with Gasteiger partial charge in [0.2, 0.25) is 4.96 Å². The van der Waals surface area contributed by atoms with Crippen molar-refractivity contribution in [3.05, 3.63) is 46.7 Å². The second kappa shape index (κ2) is 4.39.